The Morgan fingerprint density at radius 2 is 1.90 bits per heavy atom. The largest absolute Gasteiger partial charge is 0.310 e. The van der Waals surface area contributed by atoms with Crippen molar-refractivity contribution in [2.45, 2.75) is 25.8 Å². The van der Waals surface area contributed by atoms with Crippen LogP contribution in [-0.2, 0) is 4.79 Å². The molecule has 0 aliphatic rings. The number of benzene rings is 2. The van der Waals surface area contributed by atoms with Crippen molar-refractivity contribution in [2.24, 2.45) is 0 Å². The van der Waals surface area contributed by atoms with Crippen LogP contribution < -0.4 is 5.32 Å². The van der Waals surface area contributed by atoms with Gasteiger partial charge in [-0.3, -0.25) is 9.48 Å². The summed E-state index contributed by atoms with van der Waals surface area (Å²) in [5, 5.41) is 9.27. The first-order valence-electron chi connectivity index (χ1n) is 9.54. The van der Waals surface area contributed by atoms with Gasteiger partial charge in [0.25, 0.3) is 0 Å². The number of pyridine rings is 1. The average molecular weight is 388 g/mol. The minimum atomic E-state index is -0.263. The third-order valence-corrected chi connectivity index (χ3v) is 4.95. The highest BCUT2D eigenvalue weighted by Gasteiger charge is 2.12. The molecule has 5 nitrogen and oxygen atoms in total. The van der Waals surface area contributed by atoms with Crippen molar-refractivity contribution in [3.8, 4) is 11.1 Å². The van der Waals surface area contributed by atoms with E-state index in [0.717, 1.165) is 21.9 Å². The van der Waals surface area contributed by atoms with Crippen LogP contribution in [0.2, 0.25) is 0 Å². The Bertz CT molecular complexity index is 1130. The molecular formula is C23H21FN4O. The molecule has 1 atom stereocenters. The molecule has 0 aliphatic carbocycles. The van der Waals surface area contributed by atoms with Crippen LogP contribution in [0.4, 0.5) is 10.2 Å². The van der Waals surface area contributed by atoms with Crippen molar-refractivity contribution in [3.05, 3.63) is 79.0 Å². The first-order valence-corrected chi connectivity index (χ1v) is 9.54. The fraction of sp³-hybridized carbons (Fsp3) is 0.174. The zero-order valence-corrected chi connectivity index (χ0v) is 16.0. The number of aromatic nitrogens is 3. The molecule has 0 fully saturated rings. The molecule has 2 heterocycles. The second-order valence-corrected chi connectivity index (χ2v) is 7.03. The molecule has 1 unspecified atom stereocenters. The molecule has 2 aromatic heterocycles. The van der Waals surface area contributed by atoms with Gasteiger partial charge >= 0.3 is 0 Å². The fourth-order valence-corrected chi connectivity index (χ4v) is 3.26. The van der Waals surface area contributed by atoms with Crippen LogP contribution >= 0.6 is 0 Å². The fourth-order valence-electron chi connectivity index (χ4n) is 3.26. The minimum absolute atomic E-state index is 0.0513. The van der Waals surface area contributed by atoms with Gasteiger partial charge in [0, 0.05) is 35.8 Å². The van der Waals surface area contributed by atoms with Gasteiger partial charge in [-0.25, -0.2) is 9.37 Å². The molecule has 0 bridgehead atoms. The van der Waals surface area contributed by atoms with E-state index in [4.69, 9.17) is 0 Å². The zero-order chi connectivity index (χ0) is 20.2. The predicted octanol–water partition coefficient (Wildman–Crippen LogP) is 5.22. The standard InChI is InChI=1S/C23H21FN4O/c1-16(28-15-19(14-26-28)17-7-9-20(24)10-8-17)6-11-22(29)27-23-21-5-3-2-4-18(21)12-13-25-23/h2-5,7-10,12-16H,6,11H2,1H3,(H,25,27,29). The molecule has 1 N–H and O–H groups in total. The van der Waals surface area contributed by atoms with Crippen LogP contribution in [-0.4, -0.2) is 20.7 Å². The van der Waals surface area contributed by atoms with E-state index < -0.39 is 0 Å². The molecule has 0 spiro atoms. The summed E-state index contributed by atoms with van der Waals surface area (Å²) in [6, 6.07) is 16.1. The summed E-state index contributed by atoms with van der Waals surface area (Å²) in [6.07, 6.45) is 6.37. The average Bonchev–Trinajstić information content (AvgIpc) is 3.23. The number of nitrogens with zero attached hydrogens (tertiary/aromatic N) is 3. The second kappa shape index (κ2) is 8.22. The normalized spacial score (nSPS) is 12.1. The Kier molecular flexibility index (Phi) is 5.33. The maximum absolute atomic E-state index is 13.1. The monoisotopic (exact) mass is 388 g/mol. The third-order valence-electron chi connectivity index (χ3n) is 4.95. The van der Waals surface area contributed by atoms with Crippen LogP contribution in [0.3, 0.4) is 0 Å². The van der Waals surface area contributed by atoms with E-state index in [0.29, 0.717) is 18.7 Å². The third kappa shape index (κ3) is 4.32. The number of amides is 1. The number of anilines is 1. The highest BCUT2D eigenvalue weighted by molar-refractivity contribution is 6.00. The highest BCUT2D eigenvalue weighted by atomic mass is 19.1. The summed E-state index contributed by atoms with van der Waals surface area (Å²) in [4.78, 5) is 16.7. The van der Waals surface area contributed by atoms with E-state index in [1.54, 1.807) is 24.5 Å². The molecule has 29 heavy (non-hydrogen) atoms. The molecule has 0 aliphatic heterocycles. The van der Waals surface area contributed by atoms with Gasteiger partial charge in [-0.1, -0.05) is 36.4 Å². The SMILES string of the molecule is CC(CCC(=O)Nc1nccc2ccccc12)n1cc(-c2ccc(F)cc2)cn1. The van der Waals surface area contributed by atoms with Gasteiger partial charge in [0.1, 0.15) is 11.6 Å². The summed E-state index contributed by atoms with van der Waals surface area (Å²) in [6.45, 7) is 2.02. The minimum Gasteiger partial charge on any atom is -0.310 e. The maximum atomic E-state index is 13.1. The Morgan fingerprint density at radius 1 is 1.10 bits per heavy atom. The zero-order valence-electron chi connectivity index (χ0n) is 16.0. The van der Waals surface area contributed by atoms with Gasteiger partial charge in [-0.2, -0.15) is 5.10 Å². The van der Waals surface area contributed by atoms with Crippen molar-refractivity contribution >= 4 is 22.5 Å². The molecule has 0 saturated heterocycles. The van der Waals surface area contributed by atoms with Gasteiger partial charge in [0.2, 0.25) is 5.91 Å². The van der Waals surface area contributed by atoms with Crippen LogP contribution in [0.5, 0.6) is 0 Å². The number of fused-ring (bicyclic) bond motifs is 1. The number of hydrogen-bond acceptors (Lipinski definition) is 3. The Balaban J connectivity index is 1.37. The van der Waals surface area contributed by atoms with Crippen LogP contribution in [0.1, 0.15) is 25.8 Å². The number of rotatable bonds is 6. The van der Waals surface area contributed by atoms with Crippen molar-refractivity contribution in [3.63, 3.8) is 0 Å². The van der Waals surface area contributed by atoms with Crippen LogP contribution in [0.25, 0.3) is 21.9 Å². The van der Waals surface area contributed by atoms with Crippen molar-refractivity contribution < 1.29 is 9.18 Å². The summed E-state index contributed by atoms with van der Waals surface area (Å²) >= 11 is 0. The first-order chi connectivity index (χ1) is 14.1. The van der Waals surface area contributed by atoms with E-state index in [-0.39, 0.29) is 17.8 Å². The van der Waals surface area contributed by atoms with E-state index in [1.165, 1.54) is 12.1 Å². The van der Waals surface area contributed by atoms with E-state index in [9.17, 15) is 9.18 Å². The first kappa shape index (κ1) is 18.8. The van der Waals surface area contributed by atoms with Gasteiger partial charge in [-0.05, 0) is 42.5 Å². The Labute approximate surface area is 168 Å². The molecule has 6 heteroatoms. The van der Waals surface area contributed by atoms with Crippen molar-refractivity contribution in [2.75, 3.05) is 5.32 Å². The molecule has 0 saturated carbocycles. The van der Waals surface area contributed by atoms with Gasteiger partial charge in [0.15, 0.2) is 0 Å². The number of nitrogens with one attached hydrogen (secondary N) is 1. The summed E-state index contributed by atoms with van der Waals surface area (Å²) in [7, 11) is 0. The van der Waals surface area contributed by atoms with Crippen LogP contribution in [0.15, 0.2) is 73.2 Å². The Hall–Kier alpha value is -3.54. The molecule has 4 rings (SSSR count). The lowest BCUT2D eigenvalue weighted by molar-refractivity contribution is -0.116. The number of halogens is 1. The lowest BCUT2D eigenvalue weighted by atomic mass is 10.1. The van der Waals surface area contributed by atoms with Crippen LogP contribution in [0, 0.1) is 5.82 Å². The van der Waals surface area contributed by atoms with Gasteiger partial charge in [-0.15, -0.1) is 0 Å². The quantitative estimate of drug-likeness (QED) is 0.493. The van der Waals surface area contributed by atoms with Gasteiger partial charge in [0.05, 0.1) is 6.20 Å². The molecule has 2 aromatic carbocycles. The molecule has 4 aromatic rings. The summed E-state index contributed by atoms with van der Waals surface area (Å²) < 4.78 is 14.9. The summed E-state index contributed by atoms with van der Waals surface area (Å²) in [5.74, 6) is 0.242. The molecule has 0 radical (unpaired) electrons. The van der Waals surface area contributed by atoms with E-state index in [2.05, 4.69) is 15.4 Å². The lowest BCUT2D eigenvalue weighted by Gasteiger charge is -2.12. The Morgan fingerprint density at radius 3 is 2.72 bits per heavy atom. The number of carbonyl (C=O) groups is 1. The van der Waals surface area contributed by atoms with E-state index >= 15 is 0 Å². The van der Waals surface area contributed by atoms with Gasteiger partial charge < -0.3 is 5.32 Å². The van der Waals surface area contributed by atoms with Crippen molar-refractivity contribution in [1.82, 2.24) is 14.8 Å². The van der Waals surface area contributed by atoms with Crippen molar-refractivity contribution in [1.29, 1.82) is 0 Å². The highest BCUT2D eigenvalue weighted by Crippen LogP contribution is 2.23. The molecular weight excluding hydrogens is 367 g/mol. The second-order valence-electron chi connectivity index (χ2n) is 7.03. The number of carbonyl (C=O) groups excluding carboxylic acids is 1. The lowest BCUT2D eigenvalue weighted by Crippen LogP contribution is -2.15. The molecule has 146 valence electrons. The smallest absolute Gasteiger partial charge is 0.225 e. The topological polar surface area (TPSA) is 59.8 Å². The maximum Gasteiger partial charge on any atom is 0.225 e. The predicted molar refractivity (Wildman–Crippen MR) is 112 cm³/mol. The molecule has 1 amide bonds. The van der Waals surface area contributed by atoms with E-state index in [1.807, 2.05) is 48.1 Å². The summed E-state index contributed by atoms with van der Waals surface area (Å²) in [5.41, 5.74) is 1.82. The number of hydrogen-bond donors (Lipinski definition) is 1.